The van der Waals surface area contributed by atoms with Crippen LogP contribution in [0.3, 0.4) is 0 Å². The highest BCUT2D eigenvalue weighted by molar-refractivity contribution is 6.35. The molecular formula is C22H31N5O3. The molecule has 3 rings (SSSR count). The summed E-state index contributed by atoms with van der Waals surface area (Å²) in [6.07, 6.45) is 1.64. The predicted molar refractivity (Wildman–Crippen MR) is 116 cm³/mol. The molecule has 1 aromatic heterocycles. The van der Waals surface area contributed by atoms with Crippen LogP contribution < -0.4 is 15.5 Å². The monoisotopic (exact) mass is 413 g/mol. The van der Waals surface area contributed by atoms with Gasteiger partial charge in [0, 0.05) is 51.5 Å². The summed E-state index contributed by atoms with van der Waals surface area (Å²) in [5.41, 5.74) is 1.22. The summed E-state index contributed by atoms with van der Waals surface area (Å²) in [6.45, 7) is 4.89. The number of likely N-dealkylation sites (N-methyl/N-ethyl adjacent to an activating group) is 1. The number of nitrogens with one attached hydrogen (secondary N) is 2. The number of amides is 2. The van der Waals surface area contributed by atoms with Gasteiger partial charge in [0.25, 0.3) is 0 Å². The molecule has 30 heavy (non-hydrogen) atoms. The zero-order chi connectivity index (χ0) is 21.3. The van der Waals surface area contributed by atoms with Gasteiger partial charge in [0.1, 0.15) is 5.76 Å². The number of nitrogens with zero attached hydrogens (tertiary/aromatic N) is 3. The van der Waals surface area contributed by atoms with Crippen molar-refractivity contribution >= 4 is 17.5 Å². The van der Waals surface area contributed by atoms with Crippen molar-refractivity contribution in [3.05, 3.63) is 54.5 Å². The lowest BCUT2D eigenvalue weighted by Gasteiger charge is -2.39. The van der Waals surface area contributed by atoms with E-state index in [0.717, 1.165) is 31.9 Å². The normalized spacial score (nSPS) is 15.8. The summed E-state index contributed by atoms with van der Waals surface area (Å²) in [5.74, 6) is -0.436. The predicted octanol–water partition coefficient (Wildman–Crippen LogP) is 0.937. The number of hydrogen-bond donors (Lipinski definition) is 2. The van der Waals surface area contributed by atoms with Crippen molar-refractivity contribution in [3.8, 4) is 0 Å². The Hall–Kier alpha value is -2.84. The summed E-state index contributed by atoms with van der Waals surface area (Å²) in [5, 5.41) is 5.41. The lowest BCUT2D eigenvalue weighted by atomic mass is 10.1. The SMILES string of the molecule is CN(C)CCNC(=O)C(=O)NCC(c1ccco1)N1CCN(c2ccccc2)CC1. The zero-order valence-electron chi connectivity index (χ0n) is 17.7. The highest BCUT2D eigenvalue weighted by atomic mass is 16.3. The van der Waals surface area contributed by atoms with Crippen LogP contribution in [0, 0.1) is 0 Å². The van der Waals surface area contributed by atoms with Crippen molar-refractivity contribution in [2.45, 2.75) is 6.04 Å². The smallest absolute Gasteiger partial charge is 0.309 e. The minimum Gasteiger partial charge on any atom is -0.468 e. The van der Waals surface area contributed by atoms with Crippen molar-refractivity contribution < 1.29 is 14.0 Å². The van der Waals surface area contributed by atoms with E-state index in [1.54, 1.807) is 6.26 Å². The first kappa shape index (κ1) is 21.9. The van der Waals surface area contributed by atoms with Crippen LogP contribution in [0.5, 0.6) is 0 Å². The van der Waals surface area contributed by atoms with E-state index >= 15 is 0 Å². The van der Waals surface area contributed by atoms with Gasteiger partial charge in [-0.3, -0.25) is 14.5 Å². The van der Waals surface area contributed by atoms with E-state index in [0.29, 0.717) is 19.6 Å². The molecule has 162 valence electrons. The molecule has 1 unspecified atom stereocenters. The standard InChI is InChI=1S/C22H31N5O3/c1-25(2)11-10-23-21(28)22(29)24-17-19(20-9-6-16-30-20)27-14-12-26(13-15-27)18-7-4-3-5-8-18/h3-9,16,19H,10-15,17H2,1-2H3,(H,23,28)(H,24,29). The van der Waals surface area contributed by atoms with E-state index < -0.39 is 11.8 Å². The molecule has 2 aromatic rings. The van der Waals surface area contributed by atoms with Crippen molar-refractivity contribution in [2.24, 2.45) is 0 Å². The van der Waals surface area contributed by atoms with E-state index in [9.17, 15) is 9.59 Å². The van der Waals surface area contributed by atoms with E-state index in [1.807, 2.05) is 49.3 Å². The molecule has 0 spiro atoms. The fraction of sp³-hybridized carbons (Fsp3) is 0.455. The molecule has 1 aromatic carbocycles. The average Bonchev–Trinajstić information content (AvgIpc) is 3.29. The van der Waals surface area contributed by atoms with Crippen molar-refractivity contribution in [3.63, 3.8) is 0 Å². The molecule has 2 N–H and O–H groups in total. The van der Waals surface area contributed by atoms with E-state index in [1.165, 1.54) is 5.69 Å². The number of para-hydroxylation sites is 1. The Labute approximate surface area is 177 Å². The van der Waals surface area contributed by atoms with Crippen molar-refractivity contribution in [2.75, 3.05) is 64.8 Å². The fourth-order valence-electron chi connectivity index (χ4n) is 3.56. The second-order valence-electron chi connectivity index (χ2n) is 7.66. The summed E-state index contributed by atoms with van der Waals surface area (Å²) in [6, 6.07) is 14.0. The Morgan fingerprint density at radius 3 is 2.33 bits per heavy atom. The zero-order valence-corrected chi connectivity index (χ0v) is 17.7. The van der Waals surface area contributed by atoms with Crippen LogP contribution in [-0.2, 0) is 9.59 Å². The molecular weight excluding hydrogens is 382 g/mol. The van der Waals surface area contributed by atoms with Crippen LogP contribution in [0.2, 0.25) is 0 Å². The number of piperazine rings is 1. The lowest BCUT2D eigenvalue weighted by molar-refractivity contribution is -0.139. The molecule has 2 heterocycles. The third-order valence-electron chi connectivity index (χ3n) is 5.25. The second kappa shape index (κ2) is 10.8. The molecule has 8 nitrogen and oxygen atoms in total. The van der Waals surface area contributed by atoms with Gasteiger partial charge in [-0.2, -0.15) is 0 Å². The van der Waals surface area contributed by atoms with Gasteiger partial charge < -0.3 is 24.9 Å². The Morgan fingerprint density at radius 1 is 1.00 bits per heavy atom. The minimum absolute atomic E-state index is 0.114. The third-order valence-corrected chi connectivity index (χ3v) is 5.25. The first-order valence-corrected chi connectivity index (χ1v) is 10.3. The summed E-state index contributed by atoms with van der Waals surface area (Å²) in [7, 11) is 3.83. The van der Waals surface area contributed by atoms with Gasteiger partial charge in [-0.15, -0.1) is 0 Å². The number of benzene rings is 1. The van der Waals surface area contributed by atoms with Crippen molar-refractivity contribution in [1.82, 2.24) is 20.4 Å². The average molecular weight is 414 g/mol. The Kier molecular flexibility index (Phi) is 7.87. The first-order valence-electron chi connectivity index (χ1n) is 10.3. The molecule has 1 saturated heterocycles. The largest absolute Gasteiger partial charge is 0.468 e. The van der Waals surface area contributed by atoms with Crippen LogP contribution in [0.25, 0.3) is 0 Å². The molecule has 1 fully saturated rings. The molecule has 1 aliphatic rings. The highest BCUT2D eigenvalue weighted by Gasteiger charge is 2.28. The number of carbonyl (C=O) groups excluding carboxylic acids is 2. The van der Waals surface area contributed by atoms with Gasteiger partial charge in [-0.1, -0.05) is 18.2 Å². The van der Waals surface area contributed by atoms with Crippen LogP contribution in [-0.4, -0.2) is 81.5 Å². The Bertz CT molecular complexity index is 786. The quantitative estimate of drug-likeness (QED) is 0.627. The minimum atomic E-state index is -0.617. The van der Waals surface area contributed by atoms with Gasteiger partial charge in [-0.25, -0.2) is 0 Å². The molecule has 1 atom stereocenters. The maximum Gasteiger partial charge on any atom is 0.309 e. The van der Waals surface area contributed by atoms with Crippen LogP contribution in [0.15, 0.2) is 53.1 Å². The van der Waals surface area contributed by atoms with Crippen LogP contribution in [0.4, 0.5) is 5.69 Å². The summed E-state index contributed by atoms with van der Waals surface area (Å²) < 4.78 is 5.63. The van der Waals surface area contributed by atoms with Gasteiger partial charge in [-0.05, 0) is 38.4 Å². The topological polar surface area (TPSA) is 81.1 Å². The maximum absolute atomic E-state index is 12.2. The van der Waals surface area contributed by atoms with E-state index in [2.05, 4.69) is 32.6 Å². The van der Waals surface area contributed by atoms with Gasteiger partial charge in [0.15, 0.2) is 0 Å². The highest BCUT2D eigenvalue weighted by Crippen LogP contribution is 2.24. The fourth-order valence-corrected chi connectivity index (χ4v) is 3.56. The summed E-state index contributed by atoms with van der Waals surface area (Å²) >= 11 is 0. The molecule has 0 radical (unpaired) electrons. The lowest BCUT2D eigenvalue weighted by Crippen LogP contribution is -2.51. The second-order valence-corrected chi connectivity index (χ2v) is 7.66. The van der Waals surface area contributed by atoms with Gasteiger partial charge >= 0.3 is 11.8 Å². The van der Waals surface area contributed by atoms with E-state index in [4.69, 9.17) is 4.42 Å². The summed E-state index contributed by atoms with van der Waals surface area (Å²) in [4.78, 5) is 30.8. The molecule has 0 bridgehead atoms. The molecule has 8 heteroatoms. The number of carbonyl (C=O) groups is 2. The maximum atomic E-state index is 12.2. The number of furan rings is 1. The third kappa shape index (κ3) is 6.08. The molecule has 0 aliphatic carbocycles. The number of anilines is 1. The first-order chi connectivity index (χ1) is 14.5. The van der Waals surface area contributed by atoms with E-state index in [-0.39, 0.29) is 6.04 Å². The molecule has 0 saturated carbocycles. The Morgan fingerprint density at radius 2 is 1.70 bits per heavy atom. The number of rotatable bonds is 8. The van der Waals surface area contributed by atoms with Crippen molar-refractivity contribution in [1.29, 1.82) is 0 Å². The van der Waals surface area contributed by atoms with Gasteiger partial charge in [0.2, 0.25) is 0 Å². The van der Waals surface area contributed by atoms with Crippen LogP contribution in [0.1, 0.15) is 11.8 Å². The number of hydrogen-bond acceptors (Lipinski definition) is 6. The van der Waals surface area contributed by atoms with Crippen LogP contribution >= 0.6 is 0 Å². The Balaban J connectivity index is 1.54. The molecule has 2 amide bonds. The van der Waals surface area contributed by atoms with Gasteiger partial charge in [0.05, 0.1) is 12.3 Å². The molecule has 1 aliphatic heterocycles.